The molecule has 1 aromatic heterocycles. The highest BCUT2D eigenvalue weighted by molar-refractivity contribution is 9.10. The summed E-state index contributed by atoms with van der Waals surface area (Å²) >= 11 is 2.85. The average Bonchev–Trinajstić information content (AvgIpc) is 2.44. The minimum Gasteiger partial charge on any atom is -0.323 e. The highest BCUT2D eigenvalue weighted by Gasteiger charge is 2.15. The van der Waals surface area contributed by atoms with Gasteiger partial charge in [-0.15, -0.1) is 0 Å². The number of halogens is 3. The second kappa shape index (κ2) is 5.93. The number of carbonyl (C=O) groups is 1. The predicted molar refractivity (Wildman–Crippen MR) is 74.1 cm³/mol. The van der Waals surface area contributed by atoms with E-state index in [9.17, 15) is 13.6 Å². The Morgan fingerprint density at radius 2 is 2.00 bits per heavy atom. The number of pyridine rings is 1. The van der Waals surface area contributed by atoms with E-state index in [4.69, 9.17) is 5.84 Å². The minimum absolute atomic E-state index is 0.0290. The summed E-state index contributed by atoms with van der Waals surface area (Å²) in [5.41, 5.74) is 2.47. The molecule has 0 aliphatic heterocycles. The summed E-state index contributed by atoms with van der Waals surface area (Å²) in [6.07, 6.45) is 2.70. The molecule has 0 aliphatic rings. The van der Waals surface area contributed by atoms with Gasteiger partial charge in [0.25, 0.3) is 5.91 Å². The van der Waals surface area contributed by atoms with Gasteiger partial charge in [-0.3, -0.25) is 15.6 Å². The Labute approximate surface area is 121 Å². The quantitative estimate of drug-likeness (QED) is 0.455. The summed E-state index contributed by atoms with van der Waals surface area (Å²) in [6, 6.07) is 3.28. The molecule has 4 N–H and O–H groups in total. The van der Waals surface area contributed by atoms with Crippen LogP contribution in [0.2, 0.25) is 0 Å². The van der Waals surface area contributed by atoms with E-state index in [0.29, 0.717) is 5.69 Å². The normalized spacial score (nSPS) is 10.2. The number of aromatic nitrogens is 1. The zero-order valence-electron chi connectivity index (χ0n) is 9.95. The molecule has 104 valence electrons. The van der Waals surface area contributed by atoms with Crippen molar-refractivity contribution in [3.63, 3.8) is 0 Å². The summed E-state index contributed by atoms with van der Waals surface area (Å²) in [6.45, 7) is 0. The molecule has 0 aliphatic carbocycles. The molecule has 0 atom stereocenters. The van der Waals surface area contributed by atoms with Crippen molar-refractivity contribution in [3.05, 3.63) is 52.3 Å². The van der Waals surface area contributed by atoms with E-state index < -0.39 is 17.5 Å². The van der Waals surface area contributed by atoms with Gasteiger partial charge in [0.05, 0.1) is 21.4 Å². The van der Waals surface area contributed by atoms with Crippen molar-refractivity contribution in [1.29, 1.82) is 0 Å². The van der Waals surface area contributed by atoms with E-state index in [2.05, 4.69) is 31.7 Å². The number of hydrogen-bond acceptors (Lipinski definition) is 4. The topological polar surface area (TPSA) is 80.0 Å². The molecule has 8 heteroatoms. The molecule has 0 fully saturated rings. The summed E-state index contributed by atoms with van der Waals surface area (Å²) in [7, 11) is 0. The molecule has 0 spiro atoms. The van der Waals surface area contributed by atoms with Crippen molar-refractivity contribution in [3.8, 4) is 0 Å². The Bertz CT molecular complexity index is 666. The first-order valence-electron chi connectivity index (χ1n) is 5.39. The van der Waals surface area contributed by atoms with Crippen LogP contribution in [0.5, 0.6) is 0 Å². The first-order valence-corrected chi connectivity index (χ1v) is 6.18. The third-order valence-corrected chi connectivity index (χ3v) is 3.09. The van der Waals surface area contributed by atoms with Crippen LogP contribution in [0.3, 0.4) is 0 Å². The van der Waals surface area contributed by atoms with Crippen molar-refractivity contribution >= 4 is 33.2 Å². The Morgan fingerprint density at radius 3 is 2.70 bits per heavy atom. The van der Waals surface area contributed by atoms with Crippen LogP contribution in [0.15, 0.2) is 35.1 Å². The molecule has 0 saturated heterocycles. The van der Waals surface area contributed by atoms with Gasteiger partial charge < -0.3 is 10.7 Å². The highest BCUT2D eigenvalue weighted by atomic mass is 79.9. The van der Waals surface area contributed by atoms with Gasteiger partial charge in [0.2, 0.25) is 0 Å². The van der Waals surface area contributed by atoms with E-state index in [1.807, 2.05) is 0 Å². The van der Waals surface area contributed by atoms with Crippen molar-refractivity contribution < 1.29 is 13.6 Å². The number of hydrazine groups is 1. The molecule has 20 heavy (non-hydrogen) atoms. The molecular formula is C12H9BrF2N4O. The maximum Gasteiger partial charge on any atom is 0.259 e. The average molecular weight is 343 g/mol. The van der Waals surface area contributed by atoms with Crippen molar-refractivity contribution in [2.75, 3.05) is 10.7 Å². The molecule has 2 rings (SSSR count). The largest absolute Gasteiger partial charge is 0.323 e. The molecular weight excluding hydrogens is 334 g/mol. The number of carbonyl (C=O) groups excluding carboxylic acids is 1. The summed E-state index contributed by atoms with van der Waals surface area (Å²) < 4.78 is 26.9. The van der Waals surface area contributed by atoms with Crippen LogP contribution < -0.4 is 16.6 Å². The molecule has 1 aromatic carbocycles. The molecule has 0 radical (unpaired) electrons. The van der Waals surface area contributed by atoms with E-state index in [1.165, 1.54) is 18.5 Å². The number of rotatable bonds is 3. The lowest BCUT2D eigenvalue weighted by Crippen LogP contribution is -2.18. The van der Waals surface area contributed by atoms with Gasteiger partial charge >= 0.3 is 0 Å². The number of anilines is 2. The summed E-state index contributed by atoms with van der Waals surface area (Å²) in [5, 5.41) is 2.26. The lowest BCUT2D eigenvalue weighted by Gasteiger charge is -2.10. The van der Waals surface area contributed by atoms with Crippen LogP contribution >= 0.6 is 15.9 Å². The van der Waals surface area contributed by atoms with Gasteiger partial charge in [0.15, 0.2) is 0 Å². The summed E-state index contributed by atoms with van der Waals surface area (Å²) in [5.74, 6) is 3.14. The standard InChI is InChI=1S/C12H9BrF2N4O/c13-7-3-9(15)11(4-8(7)14)18-12(20)6-5-17-2-1-10(6)19-16/h1-5H,16H2,(H,17,19)(H,18,20). The second-order valence-corrected chi connectivity index (χ2v) is 4.62. The molecule has 2 aromatic rings. The van der Waals surface area contributed by atoms with E-state index >= 15 is 0 Å². The first-order chi connectivity index (χ1) is 9.52. The van der Waals surface area contributed by atoms with E-state index in [1.54, 1.807) is 0 Å². The van der Waals surface area contributed by atoms with Crippen molar-refractivity contribution in [1.82, 2.24) is 4.98 Å². The number of hydrogen-bond donors (Lipinski definition) is 3. The lowest BCUT2D eigenvalue weighted by molar-refractivity contribution is 0.102. The van der Waals surface area contributed by atoms with Crippen LogP contribution in [0, 0.1) is 11.6 Å². The first kappa shape index (κ1) is 14.4. The van der Waals surface area contributed by atoms with Crippen LogP contribution in [0.1, 0.15) is 10.4 Å². The number of nitrogens with zero attached hydrogens (tertiary/aromatic N) is 1. The summed E-state index contributed by atoms with van der Waals surface area (Å²) in [4.78, 5) is 15.8. The number of benzene rings is 1. The Kier molecular flexibility index (Phi) is 4.26. The highest BCUT2D eigenvalue weighted by Crippen LogP contribution is 2.24. The Balaban J connectivity index is 2.30. The van der Waals surface area contributed by atoms with Crippen LogP contribution in [0.4, 0.5) is 20.2 Å². The zero-order valence-corrected chi connectivity index (χ0v) is 11.5. The van der Waals surface area contributed by atoms with Gasteiger partial charge in [0.1, 0.15) is 11.6 Å². The SMILES string of the molecule is NNc1ccncc1C(=O)Nc1cc(F)c(Br)cc1F. The molecule has 0 bridgehead atoms. The molecule has 0 saturated carbocycles. The van der Waals surface area contributed by atoms with Gasteiger partial charge in [-0.1, -0.05) is 0 Å². The van der Waals surface area contributed by atoms with Crippen LogP contribution in [-0.4, -0.2) is 10.9 Å². The third-order valence-electron chi connectivity index (χ3n) is 2.48. The van der Waals surface area contributed by atoms with Gasteiger partial charge in [0, 0.05) is 18.5 Å². The number of nitrogens with one attached hydrogen (secondary N) is 2. The predicted octanol–water partition coefficient (Wildman–Crippen LogP) is 2.66. The second-order valence-electron chi connectivity index (χ2n) is 3.77. The van der Waals surface area contributed by atoms with E-state index in [0.717, 1.165) is 12.1 Å². The zero-order chi connectivity index (χ0) is 14.7. The van der Waals surface area contributed by atoms with E-state index in [-0.39, 0.29) is 15.7 Å². The van der Waals surface area contributed by atoms with Gasteiger partial charge in [-0.2, -0.15) is 0 Å². The molecule has 0 unspecified atom stereocenters. The van der Waals surface area contributed by atoms with Crippen molar-refractivity contribution in [2.45, 2.75) is 0 Å². The Morgan fingerprint density at radius 1 is 1.25 bits per heavy atom. The van der Waals surface area contributed by atoms with Gasteiger partial charge in [-0.05, 0) is 28.1 Å². The minimum atomic E-state index is -0.766. The van der Waals surface area contributed by atoms with Crippen LogP contribution in [0.25, 0.3) is 0 Å². The Hall–Kier alpha value is -2.06. The fourth-order valence-corrected chi connectivity index (χ4v) is 1.82. The lowest BCUT2D eigenvalue weighted by atomic mass is 10.2. The smallest absolute Gasteiger partial charge is 0.259 e. The molecule has 1 heterocycles. The van der Waals surface area contributed by atoms with Crippen molar-refractivity contribution in [2.24, 2.45) is 5.84 Å². The number of amides is 1. The maximum absolute atomic E-state index is 13.6. The third kappa shape index (κ3) is 2.91. The number of nitrogens with two attached hydrogens (primary N) is 1. The van der Waals surface area contributed by atoms with Crippen LogP contribution in [-0.2, 0) is 0 Å². The fourth-order valence-electron chi connectivity index (χ4n) is 1.51. The van der Waals surface area contributed by atoms with Gasteiger partial charge in [-0.25, -0.2) is 8.78 Å². The number of nitrogen functional groups attached to an aromatic ring is 1. The maximum atomic E-state index is 13.6. The molecule has 1 amide bonds. The monoisotopic (exact) mass is 342 g/mol. The fraction of sp³-hybridized carbons (Fsp3) is 0. The molecule has 5 nitrogen and oxygen atoms in total.